The average Bonchev–Trinajstić information content (AvgIpc) is 3.48. The monoisotopic (exact) mass is 587 g/mol. The third kappa shape index (κ3) is 6.15. The number of rotatable bonds is 15. The summed E-state index contributed by atoms with van der Waals surface area (Å²) in [6, 6.07) is 0. The smallest absolute Gasteiger partial charge is 0.0697 e. The Morgan fingerprint density at radius 2 is 0.619 bits per heavy atom. The third-order valence-electron chi connectivity index (χ3n) is 14.5. The summed E-state index contributed by atoms with van der Waals surface area (Å²) in [6.45, 7) is 19.3. The molecule has 0 radical (unpaired) electrons. The number of nitrogens with one attached hydrogen (secondary N) is 4. The number of unbranched alkanes of at least 4 members (excludes halogenated alkanes) is 3. The van der Waals surface area contributed by atoms with E-state index in [0.29, 0.717) is 0 Å². The second-order valence-electron chi connectivity index (χ2n) is 15.7. The quantitative estimate of drug-likeness (QED) is 0.144. The third-order valence-corrected chi connectivity index (χ3v) is 14.5. The molecule has 42 heavy (non-hydrogen) atoms. The van der Waals surface area contributed by atoms with Crippen molar-refractivity contribution in [2.75, 3.05) is 0 Å². The van der Waals surface area contributed by atoms with Gasteiger partial charge in [-0.25, -0.2) is 0 Å². The Balaban J connectivity index is 1.13. The molecule has 0 unspecified atom stereocenters. The predicted octanol–water partition coefficient (Wildman–Crippen LogP) is 9.72. The Morgan fingerprint density at radius 1 is 0.381 bits per heavy atom. The molecule has 4 fully saturated rings. The van der Waals surface area contributed by atoms with E-state index >= 15 is 0 Å². The maximum absolute atomic E-state index is 4.26. The van der Waals surface area contributed by atoms with Crippen LogP contribution in [0.1, 0.15) is 197 Å². The van der Waals surface area contributed by atoms with E-state index in [1.54, 1.807) is 0 Å². The number of hydrogen-bond donors (Lipinski definition) is 4. The van der Waals surface area contributed by atoms with Crippen LogP contribution < -0.4 is 21.3 Å². The Kier molecular flexibility index (Phi) is 11.6. The standard InChI is InChI=1S/C38H74N4/c1-9-33(10-2)34(11-3,12-4)40-37(39-33)27-23-31(24-28-37)21-19-17-18-20-22-32-25-29-38(30-26-32)41-35(13-5,14-6)36(15-7,16-8)42-38/h31-32,39-42H,9-30H2,1-8H3. The highest BCUT2D eigenvalue weighted by Crippen LogP contribution is 2.49. The van der Waals surface area contributed by atoms with Crippen LogP contribution in [0.5, 0.6) is 0 Å². The summed E-state index contributed by atoms with van der Waals surface area (Å²) < 4.78 is 0. The molecule has 0 bridgehead atoms. The Morgan fingerprint density at radius 3 is 0.833 bits per heavy atom. The lowest BCUT2D eigenvalue weighted by atomic mass is 9.71. The van der Waals surface area contributed by atoms with Crippen molar-refractivity contribution in [3.8, 4) is 0 Å². The van der Waals surface area contributed by atoms with Gasteiger partial charge in [-0.1, -0.05) is 93.9 Å². The van der Waals surface area contributed by atoms with Crippen LogP contribution in [0.15, 0.2) is 0 Å². The maximum Gasteiger partial charge on any atom is 0.0697 e. The van der Waals surface area contributed by atoms with Crippen LogP contribution in [0.2, 0.25) is 0 Å². The molecule has 4 rings (SSSR count). The summed E-state index contributed by atoms with van der Waals surface area (Å²) in [4.78, 5) is 0. The van der Waals surface area contributed by atoms with Crippen LogP contribution in [0.25, 0.3) is 0 Å². The molecule has 0 aromatic rings. The fourth-order valence-electron chi connectivity index (χ4n) is 11.4. The summed E-state index contributed by atoms with van der Waals surface area (Å²) >= 11 is 0. The molecular weight excluding hydrogens is 512 g/mol. The van der Waals surface area contributed by atoms with Gasteiger partial charge in [-0.2, -0.15) is 0 Å². The van der Waals surface area contributed by atoms with Crippen molar-refractivity contribution in [1.29, 1.82) is 0 Å². The van der Waals surface area contributed by atoms with Gasteiger partial charge in [0.1, 0.15) is 0 Å². The van der Waals surface area contributed by atoms with Crippen molar-refractivity contribution < 1.29 is 0 Å². The number of hydrogen-bond acceptors (Lipinski definition) is 4. The second kappa shape index (κ2) is 14.1. The zero-order valence-electron chi connectivity index (χ0n) is 29.7. The summed E-state index contributed by atoms with van der Waals surface area (Å²) in [5, 5.41) is 17.1. The lowest BCUT2D eigenvalue weighted by Crippen LogP contribution is -2.58. The van der Waals surface area contributed by atoms with Gasteiger partial charge < -0.3 is 0 Å². The minimum absolute atomic E-state index is 0.194. The molecular formula is C38H74N4. The SMILES string of the molecule is CCC1(CC)NC2(CCC(CCCCCCC3CCC4(CC3)NC(CC)(CC)C(CC)(CC)N4)CC2)NC1(CC)CC. The van der Waals surface area contributed by atoms with Crippen LogP contribution in [0, 0.1) is 11.8 Å². The first-order valence-electron chi connectivity index (χ1n) is 19.3. The summed E-state index contributed by atoms with van der Waals surface area (Å²) in [5.41, 5.74) is 1.43. The van der Waals surface area contributed by atoms with Crippen LogP contribution in [0.4, 0.5) is 0 Å². The van der Waals surface area contributed by atoms with Crippen molar-refractivity contribution in [3.05, 3.63) is 0 Å². The normalized spacial score (nSPS) is 29.0. The van der Waals surface area contributed by atoms with Crippen molar-refractivity contribution in [3.63, 3.8) is 0 Å². The zero-order chi connectivity index (χ0) is 30.5. The van der Waals surface area contributed by atoms with E-state index in [4.69, 9.17) is 0 Å². The first-order chi connectivity index (χ1) is 20.2. The van der Waals surface area contributed by atoms with Crippen molar-refractivity contribution in [2.24, 2.45) is 11.8 Å². The second-order valence-corrected chi connectivity index (χ2v) is 15.7. The molecule has 2 heterocycles. The highest BCUT2D eigenvalue weighted by molar-refractivity contribution is 5.21. The molecule has 4 aliphatic rings. The average molecular weight is 587 g/mol. The summed E-state index contributed by atoms with van der Waals surface area (Å²) in [7, 11) is 0. The fraction of sp³-hybridized carbons (Fsp3) is 1.00. The van der Waals surface area contributed by atoms with Crippen LogP contribution in [-0.4, -0.2) is 33.5 Å². The van der Waals surface area contributed by atoms with Crippen molar-refractivity contribution in [1.82, 2.24) is 21.3 Å². The van der Waals surface area contributed by atoms with Gasteiger partial charge in [0.25, 0.3) is 0 Å². The molecule has 4 N–H and O–H groups in total. The zero-order valence-corrected chi connectivity index (χ0v) is 29.7. The van der Waals surface area contributed by atoms with Gasteiger partial charge in [-0.05, 0) is 115 Å². The van der Waals surface area contributed by atoms with E-state index in [0.717, 1.165) is 11.8 Å². The van der Waals surface area contributed by atoms with Crippen LogP contribution >= 0.6 is 0 Å². The van der Waals surface area contributed by atoms with Gasteiger partial charge in [0.05, 0.1) is 11.3 Å². The van der Waals surface area contributed by atoms with Crippen molar-refractivity contribution >= 4 is 0 Å². The molecule has 4 nitrogen and oxygen atoms in total. The molecule has 2 spiro atoms. The van der Waals surface area contributed by atoms with Gasteiger partial charge >= 0.3 is 0 Å². The topological polar surface area (TPSA) is 48.1 Å². The molecule has 2 saturated carbocycles. The van der Waals surface area contributed by atoms with Crippen LogP contribution in [-0.2, 0) is 0 Å². The first-order valence-corrected chi connectivity index (χ1v) is 19.3. The summed E-state index contributed by atoms with van der Waals surface area (Å²) in [5.74, 6) is 1.90. The lowest BCUT2D eigenvalue weighted by molar-refractivity contribution is 0.158. The minimum Gasteiger partial charge on any atom is -0.292 e. The highest BCUT2D eigenvalue weighted by Gasteiger charge is 2.60. The fourth-order valence-corrected chi connectivity index (χ4v) is 11.4. The molecule has 0 amide bonds. The van der Waals surface area contributed by atoms with Crippen LogP contribution in [0.3, 0.4) is 0 Å². The Hall–Kier alpha value is -0.160. The predicted molar refractivity (Wildman–Crippen MR) is 183 cm³/mol. The molecule has 246 valence electrons. The van der Waals surface area contributed by atoms with Gasteiger partial charge in [0.15, 0.2) is 0 Å². The van der Waals surface area contributed by atoms with E-state index in [1.165, 1.54) is 141 Å². The maximum atomic E-state index is 4.26. The van der Waals surface area contributed by atoms with Gasteiger partial charge in [0.2, 0.25) is 0 Å². The summed E-state index contributed by atoms with van der Waals surface area (Å²) in [6.07, 6.45) is 29.5. The molecule has 0 aromatic heterocycles. The molecule has 4 heteroatoms. The Bertz CT molecular complexity index is 691. The van der Waals surface area contributed by atoms with E-state index in [9.17, 15) is 0 Å². The van der Waals surface area contributed by atoms with E-state index < -0.39 is 0 Å². The first kappa shape index (κ1) is 34.7. The van der Waals surface area contributed by atoms with Gasteiger partial charge in [-0.3, -0.25) is 21.3 Å². The van der Waals surface area contributed by atoms with E-state index in [2.05, 4.69) is 76.7 Å². The molecule has 2 aliphatic heterocycles. The molecule has 0 aromatic carbocycles. The van der Waals surface area contributed by atoms with E-state index in [1.807, 2.05) is 0 Å². The van der Waals surface area contributed by atoms with Gasteiger partial charge in [0, 0.05) is 22.2 Å². The molecule has 0 atom stereocenters. The minimum atomic E-state index is 0.194. The molecule has 2 saturated heterocycles. The van der Waals surface area contributed by atoms with Crippen molar-refractivity contribution in [2.45, 2.75) is 230 Å². The molecule has 2 aliphatic carbocycles. The largest absolute Gasteiger partial charge is 0.292 e. The van der Waals surface area contributed by atoms with Gasteiger partial charge in [-0.15, -0.1) is 0 Å². The highest BCUT2D eigenvalue weighted by atomic mass is 15.4. The lowest BCUT2D eigenvalue weighted by Gasteiger charge is -2.44. The Labute approximate surface area is 262 Å². The van der Waals surface area contributed by atoms with E-state index in [-0.39, 0.29) is 33.5 Å².